The fraction of sp³-hybridized carbons (Fsp3) is 0.455. The molecule has 0 aliphatic rings. The SMILES string of the molecule is CC(C)C[C@@H](NC(=O)c1coc(Br)c1)C(=O)O. The Balaban J connectivity index is 2.67. The highest BCUT2D eigenvalue weighted by Crippen LogP contribution is 2.14. The van der Waals surface area contributed by atoms with Crippen LogP contribution >= 0.6 is 15.9 Å². The number of nitrogens with one attached hydrogen (secondary N) is 1. The Morgan fingerprint density at radius 2 is 2.18 bits per heavy atom. The molecule has 1 heterocycles. The zero-order valence-electron chi connectivity index (χ0n) is 9.57. The van der Waals surface area contributed by atoms with Crippen LogP contribution in [-0.4, -0.2) is 23.0 Å². The minimum atomic E-state index is -1.03. The normalized spacial score (nSPS) is 12.5. The average Bonchev–Trinajstić information content (AvgIpc) is 2.63. The molecule has 0 bridgehead atoms. The van der Waals surface area contributed by atoms with Gasteiger partial charge in [0.15, 0.2) is 4.67 Å². The Kier molecular flexibility index (Phi) is 4.74. The van der Waals surface area contributed by atoms with Crippen LogP contribution in [0.25, 0.3) is 0 Å². The largest absolute Gasteiger partial charge is 0.480 e. The van der Waals surface area contributed by atoms with E-state index in [4.69, 9.17) is 9.52 Å². The van der Waals surface area contributed by atoms with E-state index >= 15 is 0 Å². The van der Waals surface area contributed by atoms with E-state index in [1.165, 1.54) is 12.3 Å². The number of carboxylic acids is 1. The lowest BCUT2D eigenvalue weighted by molar-refractivity contribution is -0.139. The maximum atomic E-state index is 11.7. The zero-order valence-corrected chi connectivity index (χ0v) is 11.2. The highest BCUT2D eigenvalue weighted by molar-refractivity contribution is 9.10. The van der Waals surface area contributed by atoms with Gasteiger partial charge in [0.25, 0.3) is 5.91 Å². The first-order chi connectivity index (χ1) is 7.90. The smallest absolute Gasteiger partial charge is 0.326 e. The number of carbonyl (C=O) groups excluding carboxylic acids is 1. The molecule has 0 aliphatic heterocycles. The van der Waals surface area contributed by atoms with Crippen molar-refractivity contribution in [2.45, 2.75) is 26.3 Å². The first-order valence-electron chi connectivity index (χ1n) is 5.18. The van der Waals surface area contributed by atoms with E-state index in [-0.39, 0.29) is 5.92 Å². The van der Waals surface area contributed by atoms with Gasteiger partial charge in [0.05, 0.1) is 5.56 Å². The third-order valence-electron chi connectivity index (χ3n) is 2.14. The van der Waals surface area contributed by atoms with Crippen LogP contribution in [0.5, 0.6) is 0 Å². The minimum absolute atomic E-state index is 0.187. The number of hydrogen-bond donors (Lipinski definition) is 2. The van der Waals surface area contributed by atoms with Gasteiger partial charge in [-0.2, -0.15) is 0 Å². The van der Waals surface area contributed by atoms with Crippen LogP contribution in [0.3, 0.4) is 0 Å². The summed E-state index contributed by atoms with van der Waals surface area (Å²) in [5.41, 5.74) is 0.298. The second kappa shape index (κ2) is 5.86. The first-order valence-corrected chi connectivity index (χ1v) is 5.97. The quantitative estimate of drug-likeness (QED) is 0.874. The number of carbonyl (C=O) groups is 2. The van der Waals surface area contributed by atoms with Crippen LogP contribution in [0.4, 0.5) is 0 Å². The van der Waals surface area contributed by atoms with Crippen molar-refractivity contribution in [1.82, 2.24) is 5.32 Å². The molecule has 0 aromatic carbocycles. The van der Waals surface area contributed by atoms with Gasteiger partial charge in [-0.3, -0.25) is 4.79 Å². The van der Waals surface area contributed by atoms with E-state index in [2.05, 4.69) is 21.2 Å². The molecule has 1 rings (SSSR count). The Morgan fingerprint density at radius 1 is 1.53 bits per heavy atom. The highest BCUT2D eigenvalue weighted by Gasteiger charge is 2.22. The molecular formula is C11H14BrNO4. The van der Waals surface area contributed by atoms with Gasteiger partial charge in [0.1, 0.15) is 12.3 Å². The number of hydrogen-bond acceptors (Lipinski definition) is 3. The van der Waals surface area contributed by atoms with Crippen molar-refractivity contribution in [3.8, 4) is 0 Å². The Hall–Kier alpha value is -1.30. The van der Waals surface area contributed by atoms with Crippen molar-refractivity contribution in [2.24, 2.45) is 5.92 Å². The monoisotopic (exact) mass is 303 g/mol. The maximum absolute atomic E-state index is 11.7. The van der Waals surface area contributed by atoms with Crippen molar-refractivity contribution >= 4 is 27.8 Å². The number of carboxylic acid groups (broad SMARTS) is 1. The second-order valence-electron chi connectivity index (χ2n) is 4.13. The number of aliphatic carboxylic acids is 1. The first kappa shape index (κ1) is 13.8. The topological polar surface area (TPSA) is 79.5 Å². The lowest BCUT2D eigenvalue weighted by atomic mass is 10.0. The van der Waals surface area contributed by atoms with Gasteiger partial charge in [-0.25, -0.2) is 4.79 Å². The third kappa shape index (κ3) is 4.22. The van der Waals surface area contributed by atoms with Crippen LogP contribution < -0.4 is 5.32 Å². The fourth-order valence-corrected chi connectivity index (χ4v) is 1.70. The van der Waals surface area contributed by atoms with Crippen molar-refractivity contribution in [3.05, 3.63) is 22.6 Å². The van der Waals surface area contributed by atoms with Crippen molar-refractivity contribution in [3.63, 3.8) is 0 Å². The summed E-state index contributed by atoms with van der Waals surface area (Å²) in [7, 11) is 0. The summed E-state index contributed by atoms with van der Waals surface area (Å²) in [6.45, 7) is 3.80. The van der Waals surface area contributed by atoms with Crippen LogP contribution in [0.1, 0.15) is 30.6 Å². The van der Waals surface area contributed by atoms with E-state index in [0.717, 1.165) is 0 Å². The van der Waals surface area contributed by atoms with E-state index in [1.54, 1.807) is 0 Å². The number of furan rings is 1. The van der Waals surface area contributed by atoms with Crippen LogP contribution in [0.15, 0.2) is 21.4 Å². The molecule has 1 aromatic rings. The van der Waals surface area contributed by atoms with E-state index < -0.39 is 17.9 Å². The molecule has 2 N–H and O–H groups in total. The summed E-state index contributed by atoms with van der Waals surface area (Å²) >= 11 is 3.07. The standard InChI is InChI=1S/C11H14BrNO4/c1-6(2)3-8(11(15)16)13-10(14)7-4-9(12)17-5-7/h4-6,8H,3H2,1-2H3,(H,13,14)(H,15,16)/t8-/m1/s1. The molecule has 1 amide bonds. The Labute approximate surface area is 107 Å². The second-order valence-corrected chi connectivity index (χ2v) is 4.91. The van der Waals surface area contributed by atoms with Crippen LogP contribution in [-0.2, 0) is 4.79 Å². The molecule has 0 unspecified atom stereocenters. The molecule has 1 aromatic heterocycles. The maximum Gasteiger partial charge on any atom is 0.326 e. The van der Waals surface area contributed by atoms with E-state index in [0.29, 0.717) is 16.7 Å². The average molecular weight is 304 g/mol. The minimum Gasteiger partial charge on any atom is -0.480 e. The van der Waals surface area contributed by atoms with Crippen molar-refractivity contribution < 1.29 is 19.1 Å². The predicted molar refractivity (Wildman–Crippen MR) is 64.8 cm³/mol. The summed E-state index contributed by atoms with van der Waals surface area (Å²) in [4.78, 5) is 22.7. The predicted octanol–water partition coefficient (Wildman–Crippen LogP) is 2.27. The van der Waals surface area contributed by atoms with Gasteiger partial charge in [-0.1, -0.05) is 13.8 Å². The number of rotatable bonds is 5. The van der Waals surface area contributed by atoms with Gasteiger partial charge in [0.2, 0.25) is 0 Å². The molecule has 17 heavy (non-hydrogen) atoms. The van der Waals surface area contributed by atoms with Gasteiger partial charge in [-0.05, 0) is 28.3 Å². The van der Waals surface area contributed by atoms with Gasteiger partial charge in [0, 0.05) is 6.07 Å². The summed E-state index contributed by atoms with van der Waals surface area (Å²) in [5.74, 6) is -1.30. The number of halogens is 1. The Bertz CT molecular complexity index is 413. The molecule has 0 fully saturated rings. The molecule has 6 heteroatoms. The molecule has 0 spiro atoms. The lowest BCUT2D eigenvalue weighted by Gasteiger charge is -2.15. The summed E-state index contributed by atoms with van der Waals surface area (Å²) in [6.07, 6.45) is 1.66. The third-order valence-corrected chi connectivity index (χ3v) is 2.56. The number of amides is 1. The summed E-state index contributed by atoms with van der Waals surface area (Å²) < 4.78 is 5.35. The summed E-state index contributed by atoms with van der Waals surface area (Å²) in [6, 6.07) is 0.611. The molecular weight excluding hydrogens is 290 g/mol. The summed E-state index contributed by atoms with van der Waals surface area (Å²) in [5, 5.41) is 11.4. The molecule has 0 radical (unpaired) electrons. The van der Waals surface area contributed by atoms with E-state index in [1.807, 2.05) is 13.8 Å². The molecule has 5 nitrogen and oxygen atoms in total. The lowest BCUT2D eigenvalue weighted by Crippen LogP contribution is -2.41. The van der Waals surface area contributed by atoms with Gasteiger partial charge >= 0.3 is 5.97 Å². The van der Waals surface area contributed by atoms with Gasteiger partial charge in [-0.15, -0.1) is 0 Å². The molecule has 1 atom stereocenters. The highest BCUT2D eigenvalue weighted by atomic mass is 79.9. The molecule has 0 saturated carbocycles. The Morgan fingerprint density at radius 3 is 2.59 bits per heavy atom. The molecule has 94 valence electrons. The van der Waals surface area contributed by atoms with Crippen molar-refractivity contribution in [1.29, 1.82) is 0 Å². The fourth-order valence-electron chi connectivity index (χ4n) is 1.36. The zero-order chi connectivity index (χ0) is 13.0. The van der Waals surface area contributed by atoms with E-state index in [9.17, 15) is 9.59 Å². The van der Waals surface area contributed by atoms with Crippen LogP contribution in [0.2, 0.25) is 0 Å². The molecule has 0 saturated heterocycles. The van der Waals surface area contributed by atoms with Gasteiger partial charge < -0.3 is 14.8 Å². The molecule has 0 aliphatic carbocycles. The van der Waals surface area contributed by atoms with Crippen LogP contribution in [0, 0.1) is 5.92 Å². The van der Waals surface area contributed by atoms with Crippen molar-refractivity contribution in [2.75, 3.05) is 0 Å².